The molecule has 3 saturated carbocycles. The summed E-state index contributed by atoms with van der Waals surface area (Å²) in [5, 5.41) is 11.8. The van der Waals surface area contributed by atoms with Gasteiger partial charge in [-0.2, -0.15) is 0 Å². The van der Waals surface area contributed by atoms with Crippen molar-refractivity contribution in [2.24, 2.45) is 28.6 Å². The van der Waals surface area contributed by atoms with E-state index in [2.05, 4.69) is 19.9 Å². The quantitative estimate of drug-likeness (QED) is 0.800. The van der Waals surface area contributed by atoms with Crippen molar-refractivity contribution in [1.29, 1.82) is 0 Å². The summed E-state index contributed by atoms with van der Waals surface area (Å²) in [6, 6.07) is 0. The molecule has 6 atom stereocenters. The number of hydrogen-bond acceptors (Lipinski definition) is 3. The monoisotopic (exact) mass is 328 g/mol. The topological polar surface area (TPSA) is 54.4 Å². The Morgan fingerprint density at radius 2 is 1.92 bits per heavy atom. The minimum absolute atomic E-state index is 0.00308. The largest absolute Gasteiger partial charge is 0.389 e. The van der Waals surface area contributed by atoms with Crippen LogP contribution in [-0.2, 0) is 9.59 Å². The highest BCUT2D eigenvalue weighted by molar-refractivity contribution is 6.01. The maximum Gasteiger partial charge on any atom is 0.178 e. The zero-order valence-electron chi connectivity index (χ0n) is 15.0. The summed E-state index contributed by atoms with van der Waals surface area (Å²) in [5.41, 5.74) is 0.105. The number of carbonyl (C=O) groups is 2. The molecular weight excluding hydrogens is 300 g/mol. The van der Waals surface area contributed by atoms with Gasteiger partial charge in [0.05, 0.1) is 5.60 Å². The maximum atomic E-state index is 12.2. The average molecular weight is 328 g/mol. The standard InChI is InChI=1S/C21H28O3/c1-13(22)16-8-11-21(24)18-5-4-14-12-15(23)6-9-19(14,2)17(18)7-10-20(16,21)3/h6,9,12,16-18,24H,4-5,7-8,10-11H2,1-3H3. The van der Waals surface area contributed by atoms with Crippen LogP contribution in [0, 0.1) is 28.6 Å². The van der Waals surface area contributed by atoms with Crippen LogP contribution in [0.3, 0.4) is 0 Å². The highest BCUT2D eigenvalue weighted by atomic mass is 16.3. The number of hydrogen-bond donors (Lipinski definition) is 1. The van der Waals surface area contributed by atoms with E-state index in [0.717, 1.165) is 38.5 Å². The Hall–Kier alpha value is -1.22. The van der Waals surface area contributed by atoms with Gasteiger partial charge in [0.25, 0.3) is 0 Å². The molecule has 0 aliphatic heterocycles. The molecule has 3 nitrogen and oxygen atoms in total. The number of aliphatic hydroxyl groups is 1. The van der Waals surface area contributed by atoms with Crippen LogP contribution in [0.4, 0.5) is 0 Å². The summed E-state index contributed by atoms with van der Waals surface area (Å²) < 4.78 is 0. The number of ketones is 2. The fourth-order valence-electron chi connectivity index (χ4n) is 6.82. The van der Waals surface area contributed by atoms with Crippen molar-refractivity contribution >= 4 is 11.6 Å². The van der Waals surface area contributed by atoms with E-state index in [0.29, 0.717) is 5.92 Å². The van der Waals surface area contributed by atoms with Crippen LogP contribution < -0.4 is 0 Å². The molecule has 0 heterocycles. The van der Waals surface area contributed by atoms with Crippen LogP contribution >= 0.6 is 0 Å². The molecule has 4 aliphatic rings. The van der Waals surface area contributed by atoms with E-state index in [1.54, 1.807) is 13.0 Å². The van der Waals surface area contributed by atoms with E-state index in [1.807, 2.05) is 6.08 Å². The lowest BCUT2D eigenvalue weighted by atomic mass is 9.46. The normalized spacial score (nSPS) is 49.9. The van der Waals surface area contributed by atoms with Crippen molar-refractivity contribution in [2.75, 3.05) is 0 Å². The lowest BCUT2D eigenvalue weighted by Gasteiger charge is -2.60. The second-order valence-corrected chi connectivity index (χ2v) is 9.02. The highest BCUT2D eigenvalue weighted by Crippen LogP contribution is 2.67. The van der Waals surface area contributed by atoms with Crippen molar-refractivity contribution in [3.8, 4) is 0 Å². The van der Waals surface area contributed by atoms with Gasteiger partial charge in [0.2, 0.25) is 0 Å². The first-order valence-corrected chi connectivity index (χ1v) is 9.39. The molecule has 3 fully saturated rings. The Balaban J connectivity index is 1.74. The van der Waals surface area contributed by atoms with Gasteiger partial charge in [-0.25, -0.2) is 0 Å². The van der Waals surface area contributed by atoms with Gasteiger partial charge in [-0.1, -0.05) is 25.5 Å². The first-order valence-electron chi connectivity index (χ1n) is 9.39. The maximum absolute atomic E-state index is 12.2. The molecule has 0 amide bonds. The molecule has 6 unspecified atom stereocenters. The molecule has 3 heteroatoms. The molecule has 0 saturated heterocycles. The van der Waals surface area contributed by atoms with Crippen LogP contribution in [0.5, 0.6) is 0 Å². The predicted molar refractivity (Wildman–Crippen MR) is 92.2 cm³/mol. The van der Waals surface area contributed by atoms with Gasteiger partial charge in [-0.3, -0.25) is 9.59 Å². The Morgan fingerprint density at radius 3 is 2.62 bits per heavy atom. The molecule has 4 aliphatic carbocycles. The summed E-state index contributed by atoms with van der Waals surface area (Å²) in [6.45, 7) is 6.07. The van der Waals surface area contributed by atoms with Crippen molar-refractivity contribution < 1.29 is 14.7 Å². The van der Waals surface area contributed by atoms with Crippen molar-refractivity contribution in [2.45, 2.75) is 64.9 Å². The van der Waals surface area contributed by atoms with Gasteiger partial charge in [0, 0.05) is 16.7 Å². The molecule has 24 heavy (non-hydrogen) atoms. The van der Waals surface area contributed by atoms with Crippen LogP contribution in [0.2, 0.25) is 0 Å². The third-order valence-corrected chi connectivity index (χ3v) is 8.23. The van der Waals surface area contributed by atoms with E-state index in [4.69, 9.17) is 0 Å². The van der Waals surface area contributed by atoms with Gasteiger partial charge < -0.3 is 5.11 Å². The van der Waals surface area contributed by atoms with Gasteiger partial charge in [-0.15, -0.1) is 0 Å². The van der Waals surface area contributed by atoms with Crippen molar-refractivity contribution in [3.05, 3.63) is 23.8 Å². The predicted octanol–water partition coefficient (Wildman–Crippen LogP) is 3.61. The molecule has 0 aromatic heterocycles. The van der Waals surface area contributed by atoms with Gasteiger partial charge >= 0.3 is 0 Å². The molecule has 0 radical (unpaired) electrons. The molecule has 0 aromatic rings. The van der Waals surface area contributed by atoms with E-state index in [1.165, 1.54) is 5.57 Å². The van der Waals surface area contributed by atoms with E-state index in [9.17, 15) is 14.7 Å². The summed E-state index contributed by atoms with van der Waals surface area (Å²) >= 11 is 0. The molecule has 1 N–H and O–H groups in total. The minimum Gasteiger partial charge on any atom is -0.389 e. The summed E-state index contributed by atoms with van der Waals surface area (Å²) in [4.78, 5) is 24.0. The number of allylic oxidation sites excluding steroid dienone is 4. The summed E-state index contributed by atoms with van der Waals surface area (Å²) in [7, 11) is 0. The molecule has 0 aromatic carbocycles. The smallest absolute Gasteiger partial charge is 0.178 e. The Morgan fingerprint density at radius 1 is 1.17 bits per heavy atom. The zero-order valence-corrected chi connectivity index (χ0v) is 15.0. The Labute approximate surface area is 144 Å². The zero-order chi connectivity index (χ0) is 17.3. The third-order valence-electron chi connectivity index (χ3n) is 8.23. The Bertz CT molecular complexity index is 675. The van der Waals surface area contributed by atoms with Crippen molar-refractivity contribution in [1.82, 2.24) is 0 Å². The lowest BCUT2D eigenvalue weighted by Crippen LogP contribution is -2.60. The van der Waals surface area contributed by atoms with E-state index >= 15 is 0 Å². The number of carbonyl (C=O) groups excluding carboxylic acids is 2. The Kier molecular flexibility index (Phi) is 3.32. The minimum atomic E-state index is -0.740. The fraction of sp³-hybridized carbons (Fsp3) is 0.714. The van der Waals surface area contributed by atoms with Crippen molar-refractivity contribution in [3.63, 3.8) is 0 Å². The SMILES string of the molecule is CC(=O)C1CCC2(O)C3CCC4=CC(=O)C=CC4(C)C3CCC12C. The second kappa shape index (κ2) is 4.91. The molecular formula is C21H28O3. The number of fused-ring (bicyclic) bond motifs is 5. The van der Waals surface area contributed by atoms with Crippen LogP contribution in [0.1, 0.15) is 59.3 Å². The van der Waals surface area contributed by atoms with E-state index in [-0.39, 0.29) is 34.2 Å². The van der Waals surface area contributed by atoms with Gasteiger partial charge in [-0.05, 0) is 69.4 Å². The summed E-state index contributed by atoms with van der Waals surface area (Å²) in [5.74, 6) is 0.915. The summed E-state index contributed by atoms with van der Waals surface area (Å²) in [6.07, 6.45) is 10.9. The fourth-order valence-corrected chi connectivity index (χ4v) is 6.82. The van der Waals surface area contributed by atoms with Crippen LogP contribution in [-0.4, -0.2) is 22.3 Å². The van der Waals surface area contributed by atoms with Crippen LogP contribution in [0.15, 0.2) is 23.8 Å². The lowest BCUT2D eigenvalue weighted by molar-refractivity contribution is -0.180. The average Bonchev–Trinajstić information content (AvgIpc) is 2.80. The second-order valence-electron chi connectivity index (χ2n) is 9.02. The van der Waals surface area contributed by atoms with Crippen LogP contribution in [0.25, 0.3) is 0 Å². The molecule has 130 valence electrons. The van der Waals surface area contributed by atoms with Gasteiger partial charge in [0.15, 0.2) is 5.78 Å². The van der Waals surface area contributed by atoms with Gasteiger partial charge in [0.1, 0.15) is 5.78 Å². The first-order chi connectivity index (χ1) is 11.2. The molecule has 0 bridgehead atoms. The third kappa shape index (κ3) is 1.82. The number of Topliss-reactive ketones (excluding diaryl/α,β-unsaturated/α-hetero) is 1. The number of rotatable bonds is 1. The van der Waals surface area contributed by atoms with E-state index < -0.39 is 5.60 Å². The first kappa shape index (κ1) is 16.3. The molecule has 0 spiro atoms. The molecule has 4 rings (SSSR count). The highest BCUT2D eigenvalue weighted by Gasteiger charge is 2.66.